The van der Waals surface area contributed by atoms with Gasteiger partial charge in [0.1, 0.15) is 11.4 Å². The van der Waals surface area contributed by atoms with Crippen molar-refractivity contribution in [3.05, 3.63) is 30.6 Å². The van der Waals surface area contributed by atoms with E-state index in [1.54, 1.807) is 31.9 Å². The molecule has 2 aromatic rings. The summed E-state index contributed by atoms with van der Waals surface area (Å²) in [5, 5.41) is 11.0. The summed E-state index contributed by atoms with van der Waals surface area (Å²) in [5.74, 6) is -0.0408. The minimum atomic E-state index is -0.763. The van der Waals surface area contributed by atoms with Crippen LogP contribution in [0.5, 0.6) is 0 Å². The van der Waals surface area contributed by atoms with E-state index in [0.29, 0.717) is 6.42 Å². The van der Waals surface area contributed by atoms with Crippen molar-refractivity contribution in [3.8, 4) is 0 Å². The van der Waals surface area contributed by atoms with Gasteiger partial charge in [0, 0.05) is 11.1 Å². The second-order valence-corrected chi connectivity index (χ2v) is 6.07. The van der Waals surface area contributed by atoms with Gasteiger partial charge in [-0.3, -0.25) is 4.79 Å². The van der Waals surface area contributed by atoms with Crippen LogP contribution in [0.15, 0.2) is 35.6 Å². The van der Waals surface area contributed by atoms with Crippen molar-refractivity contribution in [2.45, 2.75) is 25.3 Å². The molecule has 0 spiro atoms. The zero-order chi connectivity index (χ0) is 13.9. The van der Waals surface area contributed by atoms with Crippen LogP contribution in [0.2, 0.25) is 0 Å². The molecule has 0 fully saturated rings. The molecule has 0 saturated heterocycles. The van der Waals surface area contributed by atoms with Gasteiger partial charge in [-0.15, -0.1) is 11.8 Å². The van der Waals surface area contributed by atoms with Crippen molar-refractivity contribution in [1.82, 2.24) is 9.97 Å². The highest BCUT2D eigenvalue weighted by atomic mass is 32.2. The van der Waals surface area contributed by atoms with Crippen molar-refractivity contribution < 1.29 is 9.90 Å². The predicted molar refractivity (Wildman–Crippen MR) is 76.3 cm³/mol. The Morgan fingerprint density at radius 2 is 2.05 bits per heavy atom. The summed E-state index contributed by atoms with van der Waals surface area (Å²) in [6.07, 6.45) is 2.15. The Hall–Kier alpha value is -1.62. The number of carboxylic acids is 1. The van der Waals surface area contributed by atoms with Crippen LogP contribution in [-0.4, -0.2) is 26.8 Å². The number of aliphatic carboxylic acids is 1. The van der Waals surface area contributed by atoms with Gasteiger partial charge in [-0.05, 0) is 26.3 Å². The number of hydrogen-bond donors (Lipinski definition) is 1. The Bertz CT molecular complexity index is 594. The molecule has 0 unspecified atom stereocenters. The lowest BCUT2D eigenvalue weighted by molar-refractivity contribution is -0.146. The Labute approximate surface area is 116 Å². The summed E-state index contributed by atoms with van der Waals surface area (Å²) in [6, 6.07) is 7.83. The van der Waals surface area contributed by atoms with Gasteiger partial charge in [-0.2, -0.15) is 0 Å². The molecule has 0 amide bonds. The minimum absolute atomic E-state index is 0.603. The Morgan fingerprint density at radius 1 is 1.32 bits per heavy atom. The highest BCUT2D eigenvalue weighted by Gasteiger charge is 2.26. The first-order valence-electron chi connectivity index (χ1n) is 6.07. The molecule has 19 heavy (non-hydrogen) atoms. The smallest absolute Gasteiger partial charge is 0.309 e. The molecule has 0 aliphatic heterocycles. The number of rotatable bonds is 5. The van der Waals surface area contributed by atoms with Crippen molar-refractivity contribution in [1.29, 1.82) is 0 Å². The zero-order valence-electron chi connectivity index (χ0n) is 11.0. The molecule has 0 atom stereocenters. The van der Waals surface area contributed by atoms with Crippen LogP contribution in [0.1, 0.15) is 20.3 Å². The molecule has 1 aromatic heterocycles. The largest absolute Gasteiger partial charge is 0.481 e. The lowest BCUT2D eigenvalue weighted by Gasteiger charge is -2.18. The van der Waals surface area contributed by atoms with Crippen molar-refractivity contribution in [2.75, 3.05) is 5.75 Å². The first kappa shape index (κ1) is 13.8. The fourth-order valence-corrected chi connectivity index (χ4v) is 2.86. The summed E-state index contributed by atoms with van der Waals surface area (Å²) in [5.41, 5.74) is 0.216. The molecule has 4 nitrogen and oxygen atoms in total. The molecule has 0 bridgehead atoms. The first-order valence-corrected chi connectivity index (χ1v) is 7.05. The third kappa shape index (κ3) is 3.23. The molecular weight excluding hydrogens is 260 g/mol. The average Bonchev–Trinajstić information content (AvgIpc) is 2.38. The average molecular weight is 276 g/mol. The second kappa shape index (κ2) is 5.57. The topological polar surface area (TPSA) is 63.1 Å². The summed E-state index contributed by atoms with van der Waals surface area (Å²) >= 11 is 1.58. The van der Waals surface area contributed by atoms with Gasteiger partial charge in [0.2, 0.25) is 0 Å². The molecule has 0 aliphatic carbocycles. The second-order valence-electron chi connectivity index (χ2n) is 4.98. The van der Waals surface area contributed by atoms with E-state index in [0.717, 1.165) is 21.7 Å². The fraction of sp³-hybridized carbons (Fsp3) is 0.357. The SMILES string of the molecule is CC(C)(CCSc1ncnc2ccccc12)C(=O)O. The predicted octanol–water partition coefficient (Wildman–Crippen LogP) is 3.22. The number of thioether (sulfide) groups is 1. The van der Waals surface area contributed by atoms with Crippen molar-refractivity contribution in [2.24, 2.45) is 5.41 Å². The van der Waals surface area contributed by atoms with E-state index < -0.39 is 11.4 Å². The maximum Gasteiger partial charge on any atom is 0.309 e. The number of nitrogens with zero attached hydrogens (tertiary/aromatic N) is 2. The lowest BCUT2D eigenvalue weighted by atomic mass is 9.91. The van der Waals surface area contributed by atoms with E-state index >= 15 is 0 Å². The van der Waals surface area contributed by atoms with Crippen LogP contribution in [-0.2, 0) is 4.79 Å². The molecule has 0 aliphatic rings. The van der Waals surface area contributed by atoms with E-state index in [2.05, 4.69) is 9.97 Å². The van der Waals surface area contributed by atoms with E-state index in [1.807, 2.05) is 24.3 Å². The number of para-hydroxylation sites is 1. The first-order chi connectivity index (χ1) is 9.00. The number of hydrogen-bond acceptors (Lipinski definition) is 4. The van der Waals surface area contributed by atoms with Gasteiger partial charge in [0.25, 0.3) is 0 Å². The summed E-state index contributed by atoms with van der Waals surface area (Å²) in [6.45, 7) is 3.49. The molecule has 5 heteroatoms. The van der Waals surface area contributed by atoms with Crippen LogP contribution < -0.4 is 0 Å². The van der Waals surface area contributed by atoms with Gasteiger partial charge in [-0.25, -0.2) is 9.97 Å². The van der Waals surface area contributed by atoms with E-state index in [9.17, 15) is 4.79 Å². The summed E-state index contributed by atoms with van der Waals surface area (Å²) < 4.78 is 0. The molecule has 100 valence electrons. The Kier molecular flexibility index (Phi) is 4.04. The highest BCUT2D eigenvalue weighted by Crippen LogP contribution is 2.29. The molecule has 1 heterocycles. The van der Waals surface area contributed by atoms with Gasteiger partial charge >= 0.3 is 5.97 Å². The van der Waals surface area contributed by atoms with Crippen LogP contribution in [0.3, 0.4) is 0 Å². The van der Waals surface area contributed by atoms with Crippen molar-refractivity contribution >= 4 is 28.6 Å². The van der Waals surface area contributed by atoms with E-state index in [1.165, 1.54) is 0 Å². The molecule has 0 radical (unpaired) electrons. The van der Waals surface area contributed by atoms with Crippen LogP contribution in [0.4, 0.5) is 0 Å². The zero-order valence-corrected chi connectivity index (χ0v) is 11.8. The normalized spacial score (nSPS) is 11.7. The summed E-state index contributed by atoms with van der Waals surface area (Å²) in [7, 11) is 0. The Morgan fingerprint density at radius 3 is 2.79 bits per heavy atom. The third-order valence-electron chi connectivity index (χ3n) is 3.05. The number of fused-ring (bicyclic) bond motifs is 1. The fourth-order valence-electron chi connectivity index (χ4n) is 1.60. The van der Waals surface area contributed by atoms with E-state index in [-0.39, 0.29) is 0 Å². The van der Waals surface area contributed by atoms with Gasteiger partial charge in [0.05, 0.1) is 10.9 Å². The molecule has 1 aromatic carbocycles. The maximum absolute atomic E-state index is 11.0. The molecule has 0 saturated carbocycles. The maximum atomic E-state index is 11.0. The molecule has 2 rings (SSSR count). The van der Waals surface area contributed by atoms with Gasteiger partial charge in [-0.1, -0.05) is 18.2 Å². The minimum Gasteiger partial charge on any atom is -0.481 e. The quantitative estimate of drug-likeness (QED) is 0.671. The van der Waals surface area contributed by atoms with Crippen molar-refractivity contribution in [3.63, 3.8) is 0 Å². The lowest BCUT2D eigenvalue weighted by Crippen LogP contribution is -2.24. The van der Waals surface area contributed by atoms with E-state index in [4.69, 9.17) is 5.11 Å². The monoisotopic (exact) mass is 276 g/mol. The molecular formula is C14H16N2O2S. The standard InChI is InChI=1S/C14H16N2O2S/c1-14(2,13(17)18)7-8-19-12-10-5-3-4-6-11(10)15-9-16-12/h3-6,9H,7-8H2,1-2H3,(H,17,18). The van der Waals surface area contributed by atoms with Crippen LogP contribution in [0, 0.1) is 5.41 Å². The van der Waals surface area contributed by atoms with Crippen LogP contribution in [0.25, 0.3) is 10.9 Å². The highest BCUT2D eigenvalue weighted by molar-refractivity contribution is 7.99. The van der Waals surface area contributed by atoms with Gasteiger partial charge < -0.3 is 5.11 Å². The number of benzene rings is 1. The van der Waals surface area contributed by atoms with Gasteiger partial charge in [0.15, 0.2) is 0 Å². The third-order valence-corrected chi connectivity index (χ3v) is 4.06. The van der Waals surface area contributed by atoms with Crippen LogP contribution >= 0.6 is 11.8 Å². The molecule has 1 N–H and O–H groups in total. The number of carbonyl (C=O) groups is 1. The Balaban J connectivity index is 2.09. The number of carboxylic acid groups (broad SMARTS) is 1. The summed E-state index contributed by atoms with van der Waals surface area (Å²) in [4.78, 5) is 19.5. The number of aromatic nitrogens is 2.